The summed E-state index contributed by atoms with van der Waals surface area (Å²) in [5.41, 5.74) is 0.837. The van der Waals surface area contributed by atoms with Crippen molar-refractivity contribution in [2.75, 3.05) is 31.1 Å². The van der Waals surface area contributed by atoms with Gasteiger partial charge < -0.3 is 14.2 Å². The summed E-state index contributed by atoms with van der Waals surface area (Å²) in [6.07, 6.45) is -2.68. The van der Waals surface area contributed by atoms with Gasteiger partial charge in [-0.25, -0.2) is 0 Å². The van der Waals surface area contributed by atoms with Crippen LogP contribution in [-0.4, -0.2) is 42.2 Å². The summed E-state index contributed by atoms with van der Waals surface area (Å²) in [5.74, 6) is 0.966. The molecule has 0 unspecified atom stereocenters. The minimum Gasteiger partial charge on any atom is -0.457 e. The fourth-order valence-corrected chi connectivity index (χ4v) is 4.83. The van der Waals surface area contributed by atoms with E-state index in [1.807, 2.05) is 52.3 Å². The lowest BCUT2D eigenvalue weighted by atomic mass is 10.1. The predicted molar refractivity (Wildman–Crippen MR) is 127 cm³/mol. The lowest BCUT2D eigenvalue weighted by Crippen LogP contribution is -2.47. The number of aliphatic imine (C=N–C) groups is 1. The first-order valence-corrected chi connectivity index (χ1v) is 11.5. The van der Waals surface area contributed by atoms with Crippen LogP contribution in [0.15, 0.2) is 81.0 Å². The molecule has 5 nitrogen and oxygen atoms in total. The normalized spacial score (nSPS) is 18.0. The molecule has 2 aliphatic rings. The molecule has 0 aliphatic carbocycles. The molecule has 0 N–H and O–H groups in total. The second kappa shape index (κ2) is 9.06. The Morgan fingerprint density at radius 2 is 1.65 bits per heavy atom. The Labute approximate surface area is 198 Å². The van der Waals surface area contributed by atoms with Gasteiger partial charge in [0.05, 0.1) is 10.5 Å². The third kappa shape index (κ3) is 4.75. The number of carbonyl (C=O) groups is 1. The van der Waals surface area contributed by atoms with Crippen LogP contribution in [0.1, 0.15) is 11.3 Å². The molecule has 3 aromatic rings. The maximum Gasteiger partial charge on any atom is 0.416 e. The molecule has 1 amide bonds. The Kier molecular flexibility index (Phi) is 5.95. The van der Waals surface area contributed by atoms with E-state index < -0.39 is 11.7 Å². The van der Waals surface area contributed by atoms with Crippen molar-refractivity contribution in [1.29, 1.82) is 0 Å². The van der Waals surface area contributed by atoms with Gasteiger partial charge in [-0.2, -0.15) is 18.2 Å². The lowest BCUT2D eigenvalue weighted by Gasteiger charge is -2.36. The second-order valence-electron chi connectivity index (χ2n) is 7.90. The minimum atomic E-state index is -4.37. The van der Waals surface area contributed by atoms with E-state index in [1.165, 1.54) is 23.9 Å². The highest BCUT2D eigenvalue weighted by molar-refractivity contribution is 8.18. The summed E-state index contributed by atoms with van der Waals surface area (Å²) in [6.45, 7) is 2.18. The Hall–Kier alpha value is -3.46. The average molecular weight is 484 g/mol. The number of nitrogens with zero attached hydrogens (tertiary/aromatic N) is 3. The van der Waals surface area contributed by atoms with Crippen LogP contribution < -0.4 is 4.90 Å². The van der Waals surface area contributed by atoms with E-state index in [0.29, 0.717) is 47.7 Å². The monoisotopic (exact) mass is 483 g/mol. The number of alkyl halides is 3. The maximum atomic E-state index is 13.0. The fourth-order valence-electron chi connectivity index (χ4n) is 3.89. The quantitative estimate of drug-likeness (QED) is 0.444. The number of rotatable bonds is 3. The minimum absolute atomic E-state index is 0.321. The molecular formula is C25H20F3N3O2S. The van der Waals surface area contributed by atoms with Crippen molar-refractivity contribution in [3.63, 3.8) is 0 Å². The van der Waals surface area contributed by atoms with Gasteiger partial charge in [-0.1, -0.05) is 36.4 Å². The van der Waals surface area contributed by atoms with Crippen molar-refractivity contribution in [1.82, 2.24) is 4.90 Å². The smallest absolute Gasteiger partial charge is 0.416 e. The number of amidine groups is 1. The van der Waals surface area contributed by atoms with E-state index in [1.54, 1.807) is 12.1 Å². The van der Waals surface area contributed by atoms with Crippen molar-refractivity contribution in [2.45, 2.75) is 6.18 Å². The van der Waals surface area contributed by atoms with Crippen LogP contribution >= 0.6 is 11.8 Å². The molecule has 3 heterocycles. The van der Waals surface area contributed by atoms with Crippen LogP contribution in [0, 0.1) is 0 Å². The number of carbonyl (C=O) groups excluding carboxylic acids is 1. The van der Waals surface area contributed by atoms with Crippen molar-refractivity contribution in [3.8, 4) is 11.3 Å². The first kappa shape index (κ1) is 22.3. The molecule has 174 valence electrons. The molecule has 0 atom stereocenters. The molecule has 2 aliphatic heterocycles. The van der Waals surface area contributed by atoms with Gasteiger partial charge in [0.25, 0.3) is 5.91 Å². The van der Waals surface area contributed by atoms with Gasteiger partial charge in [0.2, 0.25) is 0 Å². The number of benzene rings is 2. The van der Waals surface area contributed by atoms with E-state index >= 15 is 0 Å². The Morgan fingerprint density at radius 3 is 2.38 bits per heavy atom. The van der Waals surface area contributed by atoms with E-state index in [0.717, 1.165) is 17.4 Å². The first-order valence-electron chi connectivity index (χ1n) is 10.7. The molecule has 0 bridgehead atoms. The van der Waals surface area contributed by atoms with Crippen LogP contribution in [0.2, 0.25) is 0 Å². The van der Waals surface area contributed by atoms with E-state index in [4.69, 9.17) is 4.42 Å². The molecule has 0 saturated carbocycles. The van der Waals surface area contributed by atoms with Gasteiger partial charge in [-0.05, 0) is 42.1 Å². The highest BCUT2D eigenvalue weighted by atomic mass is 32.2. The van der Waals surface area contributed by atoms with Gasteiger partial charge in [0.1, 0.15) is 11.5 Å². The van der Waals surface area contributed by atoms with Crippen LogP contribution in [-0.2, 0) is 11.0 Å². The van der Waals surface area contributed by atoms with Gasteiger partial charge >= 0.3 is 6.18 Å². The molecule has 1 fully saturated rings. The lowest BCUT2D eigenvalue weighted by molar-refractivity contribution is -0.137. The molecule has 1 saturated heterocycles. The average Bonchev–Trinajstić information content (AvgIpc) is 3.46. The molecule has 0 radical (unpaired) electrons. The van der Waals surface area contributed by atoms with Gasteiger partial charge in [-0.15, -0.1) is 0 Å². The van der Waals surface area contributed by atoms with Crippen LogP contribution in [0.5, 0.6) is 0 Å². The van der Waals surface area contributed by atoms with Crippen molar-refractivity contribution >= 4 is 34.6 Å². The molecule has 2 aromatic carbocycles. The molecule has 34 heavy (non-hydrogen) atoms. The first-order chi connectivity index (χ1) is 16.4. The Morgan fingerprint density at radius 1 is 0.912 bits per heavy atom. The molecule has 9 heteroatoms. The third-order valence-electron chi connectivity index (χ3n) is 5.66. The summed E-state index contributed by atoms with van der Waals surface area (Å²) in [7, 11) is 0. The van der Waals surface area contributed by atoms with E-state index in [-0.39, 0.29) is 5.91 Å². The summed E-state index contributed by atoms with van der Waals surface area (Å²) in [6, 6.07) is 18.7. The van der Waals surface area contributed by atoms with Crippen molar-refractivity contribution in [3.05, 3.63) is 83.0 Å². The molecule has 1 aromatic heterocycles. The standard InChI is InChI=1S/C25H20F3N3O2S/c26-25(27,28)18-7-4-8-19(15-18)30-11-13-31(14-12-30)24-29-23(32)22(34-24)16-20-9-10-21(33-20)17-5-2-1-3-6-17/h1-10,15-16H,11-14H2/b22-16+. The number of hydrogen-bond donors (Lipinski definition) is 0. The highest BCUT2D eigenvalue weighted by Crippen LogP contribution is 2.34. The van der Waals surface area contributed by atoms with Crippen LogP contribution in [0.3, 0.4) is 0 Å². The SMILES string of the molecule is O=C1N=C(N2CCN(c3cccc(C(F)(F)F)c3)CC2)S/C1=C/c1ccc(-c2ccccc2)o1. The number of furan rings is 1. The summed E-state index contributed by atoms with van der Waals surface area (Å²) in [5, 5.41) is 0.606. The number of anilines is 1. The van der Waals surface area contributed by atoms with Crippen molar-refractivity contribution < 1.29 is 22.4 Å². The van der Waals surface area contributed by atoms with Crippen LogP contribution in [0.4, 0.5) is 18.9 Å². The van der Waals surface area contributed by atoms with Gasteiger partial charge in [0, 0.05) is 43.5 Å². The van der Waals surface area contributed by atoms with E-state index in [9.17, 15) is 18.0 Å². The molecule has 5 rings (SSSR count). The third-order valence-corrected chi connectivity index (χ3v) is 6.70. The Bertz CT molecular complexity index is 1260. The van der Waals surface area contributed by atoms with Crippen LogP contribution in [0.25, 0.3) is 17.4 Å². The van der Waals surface area contributed by atoms with Gasteiger partial charge in [0.15, 0.2) is 5.17 Å². The zero-order chi connectivity index (χ0) is 23.7. The summed E-state index contributed by atoms with van der Waals surface area (Å²) in [4.78, 5) is 21.0. The number of thioether (sulfide) groups is 1. The predicted octanol–water partition coefficient (Wildman–Crippen LogP) is 5.76. The number of piperazine rings is 1. The molecular weight excluding hydrogens is 463 g/mol. The van der Waals surface area contributed by atoms with Crippen molar-refractivity contribution in [2.24, 2.45) is 4.99 Å². The summed E-state index contributed by atoms with van der Waals surface area (Å²) < 4.78 is 45.0. The molecule has 0 spiro atoms. The second-order valence-corrected chi connectivity index (χ2v) is 8.91. The Balaban J connectivity index is 1.22. The largest absolute Gasteiger partial charge is 0.457 e. The van der Waals surface area contributed by atoms with Gasteiger partial charge in [-0.3, -0.25) is 4.79 Å². The fraction of sp³-hybridized carbons (Fsp3) is 0.200. The van der Waals surface area contributed by atoms with E-state index in [2.05, 4.69) is 4.99 Å². The maximum absolute atomic E-state index is 13.0. The highest BCUT2D eigenvalue weighted by Gasteiger charge is 2.32. The number of hydrogen-bond acceptors (Lipinski definition) is 5. The number of amides is 1. The number of halogens is 3. The zero-order valence-electron chi connectivity index (χ0n) is 18.0. The summed E-state index contributed by atoms with van der Waals surface area (Å²) >= 11 is 1.29. The topological polar surface area (TPSA) is 49.1 Å². The zero-order valence-corrected chi connectivity index (χ0v) is 18.8.